The zero-order valence-corrected chi connectivity index (χ0v) is 12.8. The molecule has 2 rings (SSSR count). The average molecular weight is 324 g/mol. The summed E-state index contributed by atoms with van der Waals surface area (Å²) in [6.07, 6.45) is 1.55. The van der Waals surface area contributed by atoms with Gasteiger partial charge in [-0.25, -0.2) is 0 Å². The second-order valence-corrected chi connectivity index (χ2v) is 6.05. The van der Waals surface area contributed by atoms with Crippen LogP contribution in [-0.4, -0.2) is 18.2 Å². The molecule has 1 aromatic rings. The first-order valence-electron chi connectivity index (χ1n) is 6.62. The Bertz CT molecular complexity index is 499. The van der Waals surface area contributed by atoms with Crippen molar-refractivity contribution in [2.24, 2.45) is 11.8 Å². The van der Waals surface area contributed by atoms with Gasteiger partial charge in [-0.3, -0.25) is 9.59 Å². The summed E-state index contributed by atoms with van der Waals surface area (Å²) in [6.45, 7) is 4.39. The van der Waals surface area contributed by atoms with Crippen molar-refractivity contribution < 1.29 is 9.59 Å². The van der Waals surface area contributed by atoms with Gasteiger partial charge in [-0.2, -0.15) is 0 Å². The number of halogens is 1. The van der Waals surface area contributed by atoms with Crippen LogP contribution in [0.2, 0.25) is 0 Å². The fourth-order valence-electron chi connectivity index (χ4n) is 2.45. The van der Waals surface area contributed by atoms with Crippen LogP contribution in [0.15, 0.2) is 28.7 Å². The van der Waals surface area contributed by atoms with Crippen LogP contribution in [0.4, 0.5) is 5.69 Å². The number of carbonyl (C=O) groups excluding carboxylic acids is 2. The van der Waals surface area contributed by atoms with Gasteiger partial charge in [0.2, 0.25) is 5.91 Å². The zero-order valence-electron chi connectivity index (χ0n) is 11.2. The van der Waals surface area contributed by atoms with Gasteiger partial charge in [-0.05, 0) is 40.9 Å². The lowest BCUT2D eigenvalue weighted by atomic mass is 9.87. The Morgan fingerprint density at radius 2 is 2.05 bits per heavy atom. The van der Waals surface area contributed by atoms with E-state index in [2.05, 4.69) is 15.9 Å². The van der Waals surface area contributed by atoms with E-state index >= 15 is 0 Å². The van der Waals surface area contributed by atoms with E-state index in [0.717, 1.165) is 16.6 Å². The van der Waals surface area contributed by atoms with Crippen molar-refractivity contribution in [3.05, 3.63) is 28.7 Å². The molecule has 0 aromatic heterocycles. The lowest BCUT2D eigenvalue weighted by molar-refractivity contribution is -0.135. The molecule has 0 spiro atoms. The number of amides is 1. The summed E-state index contributed by atoms with van der Waals surface area (Å²) in [5, 5.41) is 0. The molecule has 1 amide bonds. The average Bonchev–Trinajstić information content (AvgIpc) is 2.39. The maximum Gasteiger partial charge on any atom is 0.237 e. The Labute approximate surface area is 122 Å². The molecule has 0 radical (unpaired) electrons. The number of piperidine rings is 1. The summed E-state index contributed by atoms with van der Waals surface area (Å²) in [5.41, 5.74) is 0.855. The molecule has 19 heavy (non-hydrogen) atoms. The van der Waals surface area contributed by atoms with E-state index in [1.165, 1.54) is 0 Å². The Balaban J connectivity index is 2.26. The first-order chi connectivity index (χ1) is 9.02. The van der Waals surface area contributed by atoms with E-state index in [4.69, 9.17) is 0 Å². The molecule has 0 N–H and O–H groups in total. The minimum atomic E-state index is -0.471. The number of rotatable bonds is 3. The third-order valence-electron chi connectivity index (χ3n) is 3.49. The van der Waals surface area contributed by atoms with Crippen LogP contribution < -0.4 is 4.90 Å². The van der Waals surface area contributed by atoms with Crippen LogP contribution in [0.1, 0.15) is 26.7 Å². The molecule has 1 aliphatic heterocycles. The highest BCUT2D eigenvalue weighted by atomic mass is 79.9. The molecule has 1 aromatic carbocycles. The van der Waals surface area contributed by atoms with Crippen molar-refractivity contribution >= 4 is 33.3 Å². The van der Waals surface area contributed by atoms with Crippen LogP contribution >= 0.6 is 15.9 Å². The molecule has 0 saturated carbocycles. The summed E-state index contributed by atoms with van der Waals surface area (Å²) in [7, 11) is 0. The van der Waals surface area contributed by atoms with Crippen molar-refractivity contribution in [3.8, 4) is 0 Å². The molecule has 1 heterocycles. The quantitative estimate of drug-likeness (QED) is 0.799. The van der Waals surface area contributed by atoms with Gasteiger partial charge in [-0.1, -0.05) is 26.0 Å². The number of para-hydroxylation sites is 1. The molecule has 0 bridgehead atoms. The Kier molecular flexibility index (Phi) is 4.40. The van der Waals surface area contributed by atoms with Crippen LogP contribution in [0.25, 0.3) is 0 Å². The fraction of sp³-hybridized carbons (Fsp3) is 0.467. The summed E-state index contributed by atoms with van der Waals surface area (Å²) in [5.74, 6) is -0.562. The molecule has 0 unspecified atom stereocenters. The number of hydrogen-bond acceptors (Lipinski definition) is 2. The molecule has 102 valence electrons. The monoisotopic (exact) mass is 323 g/mol. The van der Waals surface area contributed by atoms with E-state index in [1.807, 2.05) is 38.1 Å². The highest BCUT2D eigenvalue weighted by molar-refractivity contribution is 9.10. The predicted octanol–water partition coefficient (Wildman–Crippen LogP) is 3.42. The highest BCUT2D eigenvalue weighted by Gasteiger charge is 2.35. The number of ketones is 1. The van der Waals surface area contributed by atoms with E-state index in [-0.39, 0.29) is 17.6 Å². The van der Waals surface area contributed by atoms with Gasteiger partial charge in [0.1, 0.15) is 5.78 Å². The van der Waals surface area contributed by atoms with Gasteiger partial charge in [0.05, 0.1) is 11.6 Å². The number of anilines is 1. The third-order valence-corrected chi connectivity index (χ3v) is 4.16. The maximum atomic E-state index is 12.5. The fourth-order valence-corrected chi connectivity index (χ4v) is 2.95. The van der Waals surface area contributed by atoms with Crippen LogP contribution in [0.3, 0.4) is 0 Å². The molecular weight excluding hydrogens is 306 g/mol. The van der Waals surface area contributed by atoms with Gasteiger partial charge < -0.3 is 4.90 Å². The van der Waals surface area contributed by atoms with Crippen LogP contribution in [0.5, 0.6) is 0 Å². The number of hydrogen-bond donors (Lipinski definition) is 0. The minimum Gasteiger partial charge on any atom is -0.311 e. The normalized spacial score (nSPS) is 19.9. The number of Topliss-reactive ketones (excluding diaryl/α,β-unsaturated/α-hetero) is 1. The molecular formula is C15H18BrNO2. The third kappa shape index (κ3) is 2.89. The van der Waals surface area contributed by atoms with E-state index in [1.54, 1.807) is 4.90 Å². The van der Waals surface area contributed by atoms with Crippen molar-refractivity contribution in [1.29, 1.82) is 0 Å². The second kappa shape index (κ2) is 5.87. The van der Waals surface area contributed by atoms with Crippen molar-refractivity contribution in [2.45, 2.75) is 26.7 Å². The molecule has 4 heteroatoms. The number of nitrogens with zero attached hydrogens (tertiary/aromatic N) is 1. The predicted molar refractivity (Wildman–Crippen MR) is 79.1 cm³/mol. The summed E-state index contributed by atoms with van der Waals surface area (Å²) in [6, 6.07) is 7.64. The first kappa shape index (κ1) is 14.3. The SMILES string of the molecule is CC(C)C(=O)[C@@H]1CCCN(c2ccccc2Br)C1=O. The zero-order chi connectivity index (χ0) is 14.0. The molecule has 1 fully saturated rings. The Hall–Kier alpha value is -1.16. The minimum absolute atomic E-state index is 0.0572. The first-order valence-corrected chi connectivity index (χ1v) is 7.41. The van der Waals surface area contributed by atoms with Gasteiger partial charge in [0.15, 0.2) is 0 Å². The van der Waals surface area contributed by atoms with E-state index in [9.17, 15) is 9.59 Å². The second-order valence-electron chi connectivity index (χ2n) is 5.19. The van der Waals surface area contributed by atoms with Gasteiger partial charge in [-0.15, -0.1) is 0 Å². The van der Waals surface area contributed by atoms with Gasteiger partial charge >= 0.3 is 0 Å². The van der Waals surface area contributed by atoms with Crippen molar-refractivity contribution in [1.82, 2.24) is 0 Å². The van der Waals surface area contributed by atoms with Crippen molar-refractivity contribution in [3.63, 3.8) is 0 Å². The van der Waals surface area contributed by atoms with Gasteiger partial charge in [0.25, 0.3) is 0 Å². The summed E-state index contributed by atoms with van der Waals surface area (Å²) >= 11 is 3.47. The van der Waals surface area contributed by atoms with Crippen LogP contribution in [0, 0.1) is 11.8 Å². The molecule has 1 saturated heterocycles. The lowest BCUT2D eigenvalue weighted by Gasteiger charge is -2.32. The smallest absolute Gasteiger partial charge is 0.237 e. The lowest BCUT2D eigenvalue weighted by Crippen LogP contribution is -2.45. The summed E-state index contributed by atoms with van der Waals surface area (Å²) < 4.78 is 0.890. The largest absolute Gasteiger partial charge is 0.311 e. The van der Waals surface area contributed by atoms with Gasteiger partial charge in [0, 0.05) is 16.9 Å². The Morgan fingerprint density at radius 3 is 2.68 bits per heavy atom. The molecule has 0 aliphatic carbocycles. The topological polar surface area (TPSA) is 37.4 Å². The van der Waals surface area contributed by atoms with E-state index in [0.29, 0.717) is 13.0 Å². The maximum absolute atomic E-state index is 12.5. The number of benzene rings is 1. The van der Waals surface area contributed by atoms with E-state index < -0.39 is 5.92 Å². The molecule has 1 aliphatic rings. The highest BCUT2D eigenvalue weighted by Crippen LogP contribution is 2.31. The number of carbonyl (C=O) groups is 2. The van der Waals surface area contributed by atoms with Crippen LogP contribution in [-0.2, 0) is 9.59 Å². The summed E-state index contributed by atoms with van der Waals surface area (Å²) in [4.78, 5) is 26.4. The standard InChI is InChI=1S/C15H18BrNO2/c1-10(2)14(18)11-6-5-9-17(15(11)19)13-8-4-3-7-12(13)16/h3-4,7-8,10-11H,5-6,9H2,1-2H3/t11-/m0/s1. The Morgan fingerprint density at radius 1 is 1.37 bits per heavy atom. The van der Waals surface area contributed by atoms with Crippen molar-refractivity contribution in [2.75, 3.05) is 11.4 Å². The molecule has 3 nitrogen and oxygen atoms in total. The molecule has 1 atom stereocenters.